The summed E-state index contributed by atoms with van der Waals surface area (Å²) in [7, 11) is 1.56. The van der Waals surface area contributed by atoms with E-state index in [4.69, 9.17) is 44.3 Å². The van der Waals surface area contributed by atoms with Gasteiger partial charge in [-0.1, -0.05) is 40.9 Å². The molecule has 0 bridgehead atoms. The number of rotatable bonds is 7. The van der Waals surface area contributed by atoms with Crippen molar-refractivity contribution in [3.8, 4) is 11.5 Å². The molecule has 1 N–H and O–H groups in total. The number of nitrogens with one attached hydrogen (secondary N) is 1. The second-order valence-electron chi connectivity index (χ2n) is 5.35. The van der Waals surface area contributed by atoms with E-state index >= 15 is 0 Å². The molecule has 0 aliphatic heterocycles. The van der Waals surface area contributed by atoms with E-state index in [1.807, 2.05) is 18.2 Å². The molecule has 0 unspecified atom stereocenters. The minimum Gasteiger partial charge on any atom is -0.493 e. The highest BCUT2D eigenvalue weighted by atomic mass is 35.5. The third-order valence-corrected chi connectivity index (χ3v) is 4.56. The Labute approximate surface area is 165 Å². The van der Waals surface area contributed by atoms with Crippen LogP contribution >= 0.6 is 34.8 Å². The van der Waals surface area contributed by atoms with Crippen LogP contribution in [0.25, 0.3) is 0 Å². The Morgan fingerprint density at radius 3 is 2.38 bits per heavy atom. The molecule has 0 amide bonds. The van der Waals surface area contributed by atoms with Gasteiger partial charge in [-0.3, -0.25) is 0 Å². The Morgan fingerprint density at radius 2 is 1.69 bits per heavy atom. The van der Waals surface area contributed by atoms with Crippen LogP contribution in [0.1, 0.15) is 11.1 Å². The summed E-state index contributed by atoms with van der Waals surface area (Å²) in [5.41, 5.74) is 4.91. The molecule has 136 valence electrons. The van der Waals surface area contributed by atoms with Gasteiger partial charge in [0.05, 0.1) is 28.7 Å². The molecular formula is C17H15Cl3N4O2. The lowest BCUT2D eigenvalue weighted by molar-refractivity contribution is 0.284. The van der Waals surface area contributed by atoms with Gasteiger partial charge >= 0.3 is 0 Å². The second kappa shape index (κ2) is 8.49. The van der Waals surface area contributed by atoms with E-state index < -0.39 is 0 Å². The Kier molecular flexibility index (Phi) is 6.08. The van der Waals surface area contributed by atoms with Crippen molar-refractivity contribution in [3.63, 3.8) is 0 Å². The van der Waals surface area contributed by atoms with Crippen molar-refractivity contribution in [3.05, 3.63) is 69.2 Å². The third-order valence-electron chi connectivity index (χ3n) is 3.54. The van der Waals surface area contributed by atoms with E-state index in [9.17, 15) is 0 Å². The Morgan fingerprint density at radius 1 is 0.962 bits per heavy atom. The Hall–Kier alpha value is -2.15. The maximum atomic E-state index is 6.39. The number of methoxy groups -OCH3 is 1. The van der Waals surface area contributed by atoms with Crippen molar-refractivity contribution < 1.29 is 9.47 Å². The van der Waals surface area contributed by atoms with Crippen molar-refractivity contribution in [1.82, 2.24) is 14.9 Å². The zero-order chi connectivity index (χ0) is 18.5. The third kappa shape index (κ3) is 4.52. The van der Waals surface area contributed by atoms with Gasteiger partial charge in [0.2, 0.25) is 0 Å². The van der Waals surface area contributed by atoms with Crippen LogP contribution in [-0.2, 0) is 13.2 Å². The standard InChI is InChI=1S/C17H15Cl3N4O2/c1-25-16-6-12(7-23-24-9-21-22-10-24)5-15(20)17(16)26-8-11-2-3-13(18)14(19)4-11/h2-6,9-10,23H,7-8H2,1H3. The molecule has 9 heteroatoms. The van der Waals surface area contributed by atoms with Crippen LogP contribution in [0.15, 0.2) is 43.0 Å². The highest BCUT2D eigenvalue weighted by Gasteiger charge is 2.13. The van der Waals surface area contributed by atoms with Gasteiger partial charge in [-0.2, -0.15) is 0 Å². The first-order chi connectivity index (χ1) is 12.6. The molecule has 0 atom stereocenters. The molecule has 3 rings (SSSR count). The molecule has 3 aromatic rings. The zero-order valence-corrected chi connectivity index (χ0v) is 16.0. The summed E-state index contributed by atoms with van der Waals surface area (Å²) in [4.78, 5) is 0. The molecule has 0 saturated carbocycles. The molecule has 0 aliphatic rings. The lowest BCUT2D eigenvalue weighted by atomic mass is 10.2. The molecule has 1 heterocycles. The SMILES string of the molecule is COc1cc(CNn2cnnc2)cc(Cl)c1OCc1ccc(Cl)c(Cl)c1. The number of ether oxygens (including phenoxy) is 2. The first-order valence-electron chi connectivity index (χ1n) is 7.58. The van der Waals surface area contributed by atoms with Gasteiger partial charge in [0, 0.05) is 0 Å². The number of aromatic nitrogens is 3. The van der Waals surface area contributed by atoms with Crippen molar-refractivity contribution in [2.75, 3.05) is 12.5 Å². The fourth-order valence-corrected chi connectivity index (χ4v) is 2.87. The number of hydrogen-bond donors (Lipinski definition) is 1. The summed E-state index contributed by atoms with van der Waals surface area (Å²) < 4.78 is 12.9. The molecule has 1 aromatic heterocycles. The molecule has 0 spiro atoms. The topological polar surface area (TPSA) is 61.2 Å². The van der Waals surface area contributed by atoms with Crippen LogP contribution < -0.4 is 14.9 Å². The number of nitrogens with zero attached hydrogens (tertiary/aromatic N) is 3. The average Bonchev–Trinajstić information content (AvgIpc) is 3.15. The minimum absolute atomic E-state index is 0.283. The van der Waals surface area contributed by atoms with E-state index in [-0.39, 0.29) is 6.61 Å². The normalized spacial score (nSPS) is 10.6. The maximum absolute atomic E-state index is 6.39. The van der Waals surface area contributed by atoms with E-state index in [0.29, 0.717) is 33.1 Å². The number of benzene rings is 2. The lowest BCUT2D eigenvalue weighted by Gasteiger charge is -2.15. The van der Waals surface area contributed by atoms with Crippen molar-refractivity contribution in [2.45, 2.75) is 13.2 Å². The Bertz CT molecular complexity index is 888. The molecule has 0 saturated heterocycles. The van der Waals surface area contributed by atoms with Crippen molar-refractivity contribution in [2.24, 2.45) is 0 Å². The molecule has 2 aromatic carbocycles. The van der Waals surface area contributed by atoms with Crippen LogP contribution in [0.5, 0.6) is 11.5 Å². The summed E-state index contributed by atoms with van der Waals surface area (Å²) in [5.74, 6) is 1.01. The van der Waals surface area contributed by atoms with Gasteiger partial charge < -0.3 is 14.9 Å². The average molecular weight is 414 g/mol. The highest BCUT2D eigenvalue weighted by molar-refractivity contribution is 6.42. The van der Waals surface area contributed by atoms with Crippen LogP contribution in [-0.4, -0.2) is 22.0 Å². The van der Waals surface area contributed by atoms with E-state index in [2.05, 4.69) is 15.6 Å². The Balaban J connectivity index is 1.72. The molecular weight excluding hydrogens is 399 g/mol. The lowest BCUT2D eigenvalue weighted by Crippen LogP contribution is -2.12. The summed E-state index contributed by atoms with van der Waals surface area (Å²) in [5, 5.41) is 8.87. The maximum Gasteiger partial charge on any atom is 0.180 e. The van der Waals surface area contributed by atoms with Crippen LogP contribution in [0.4, 0.5) is 0 Å². The zero-order valence-electron chi connectivity index (χ0n) is 13.7. The predicted molar refractivity (Wildman–Crippen MR) is 102 cm³/mol. The largest absolute Gasteiger partial charge is 0.493 e. The fraction of sp³-hybridized carbons (Fsp3) is 0.176. The van der Waals surface area contributed by atoms with Gasteiger partial charge in [0.15, 0.2) is 11.5 Å². The van der Waals surface area contributed by atoms with Gasteiger partial charge in [-0.25, -0.2) is 4.68 Å². The van der Waals surface area contributed by atoms with E-state index in [1.54, 1.807) is 36.6 Å². The fourth-order valence-electron chi connectivity index (χ4n) is 2.27. The first-order valence-corrected chi connectivity index (χ1v) is 8.72. The van der Waals surface area contributed by atoms with Gasteiger partial charge in [-0.15, -0.1) is 10.2 Å². The van der Waals surface area contributed by atoms with Crippen LogP contribution in [0.3, 0.4) is 0 Å². The summed E-state index contributed by atoms with van der Waals surface area (Å²) in [6.45, 7) is 0.798. The predicted octanol–water partition coefficient (Wildman–Crippen LogP) is 4.57. The quantitative estimate of drug-likeness (QED) is 0.615. The smallest absolute Gasteiger partial charge is 0.180 e. The van der Waals surface area contributed by atoms with Crippen molar-refractivity contribution in [1.29, 1.82) is 0 Å². The molecule has 0 aliphatic carbocycles. The first kappa shape index (κ1) is 18.6. The molecule has 26 heavy (non-hydrogen) atoms. The highest BCUT2D eigenvalue weighted by Crippen LogP contribution is 2.37. The minimum atomic E-state index is 0.283. The van der Waals surface area contributed by atoms with Gasteiger partial charge in [0.25, 0.3) is 0 Å². The van der Waals surface area contributed by atoms with Crippen LogP contribution in [0, 0.1) is 0 Å². The molecule has 0 fully saturated rings. The van der Waals surface area contributed by atoms with Gasteiger partial charge in [0.1, 0.15) is 19.3 Å². The molecule has 0 radical (unpaired) electrons. The van der Waals surface area contributed by atoms with Crippen molar-refractivity contribution >= 4 is 34.8 Å². The van der Waals surface area contributed by atoms with E-state index in [1.165, 1.54) is 0 Å². The summed E-state index contributed by atoms with van der Waals surface area (Å²) in [6, 6.07) is 8.98. The van der Waals surface area contributed by atoms with E-state index in [0.717, 1.165) is 11.1 Å². The van der Waals surface area contributed by atoms with Crippen LogP contribution in [0.2, 0.25) is 15.1 Å². The summed E-state index contributed by atoms with van der Waals surface area (Å²) >= 11 is 18.3. The number of hydrogen-bond acceptors (Lipinski definition) is 5. The second-order valence-corrected chi connectivity index (χ2v) is 6.57. The summed E-state index contributed by atoms with van der Waals surface area (Å²) in [6.07, 6.45) is 3.13. The molecule has 6 nitrogen and oxygen atoms in total. The number of halogens is 3. The van der Waals surface area contributed by atoms with Gasteiger partial charge in [-0.05, 0) is 35.4 Å². The monoisotopic (exact) mass is 412 g/mol.